The van der Waals surface area contributed by atoms with Gasteiger partial charge in [-0.15, -0.1) is 0 Å². The lowest BCUT2D eigenvalue weighted by Gasteiger charge is -2.26. The third kappa shape index (κ3) is 2.66. The maximum absolute atomic E-state index is 12.1. The van der Waals surface area contributed by atoms with Gasteiger partial charge in [-0.25, -0.2) is 0 Å². The summed E-state index contributed by atoms with van der Waals surface area (Å²) in [5.41, 5.74) is 2.54. The molecule has 0 aromatic carbocycles. The minimum Gasteiger partial charge on any atom is -0.378 e. The highest BCUT2D eigenvalue weighted by atomic mass is 16.5. The van der Waals surface area contributed by atoms with Gasteiger partial charge >= 0.3 is 0 Å². The molecular weight excluding hydrogens is 218 g/mol. The second kappa shape index (κ2) is 4.87. The van der Waals surface area contributed by atoms with E-state index < -0.39 is 0 Å². The van der Waals surface area contributed by atoms with Crippen molar-refractivity contribution in [3.8, 4) is 0 Å². The lowest BCUT2D eigenvalue weighted by atomic mass is 9.95. The first-order chi connectivity index (χ1) is 8.08. The Bertz CT molecular complexity index is 394. The van der Waals surface area contributed by atoms with E-state index in [-0.39, 0.29) is 17.9 Å². The Morgan fingerprint density at radius 1 is 1.53 bits per heavy atom. The summed E-state index contributed by atoms with van der Waals surface area (Å²) in [4.78, 5) is 12.1. The standard InChI is InChI=1S/C12H19N3O2/c1-7-6-10(4-5-17-7)12(16)13-11-8(2)14-15-9(11)3/h7,10H,4-6H2,1-3H3,(H,13,16)(H,14,15). The molecule has 0 radical (unpaired) electrons. The van der Waals surface area contributed by atoms with E-state index in [1.54, 1.807) is 0 Å². The first-order valence-corrected chi connectivity index (χ1v) is 6.02. The van der Waals surface area contributed by atoms with Gasteiger partial charge in [0, 0.05) is 12.5 Å². The summed E-state index contributed by atoms with van der Waals surface area (Å²) in [6, 6.07) is 0. The van der Waals surface area contributed by atoms with Crippen molar-refractivity contribution < 1.29 is 9.53 Å². The van der Waals surface area contributed by atoms with E-state index >= 15 is 0 Å². The molecule has 1 aliphatic rings. The molecule has 5 nitrogen and oxygen atoms in total. The van der Waals surface area contributed by atoms with Gasteiger partial charge in [0.1, 0.15) is 0 Å². The third-order valence-electron chi connectivity index (χ3n) is 3.23. The van der Waals surface area contributed by atoms with Gasteiger partial charge in [-0.3, -0.25) is 9.89 Å². The smallest absolute Gasteiger partial charge is 0.227 e. The molecule has 1 fully saturated rings. The number of aryl methyl sites for hydroxylation is 2. The zero-order valence-electron chi connectivity index (χ0n) is 10.5. The molecule has 2 N–H and O–H groups in total. The predicted molar refractivity (Wildman–Crippen MR) is 64.8 cm³/mol. The van der Waals surface area contributed by atoms with Gasteiger partial charge in [0.25, 0.3) is 0 Å². The molecule has 1 aromatic rings. The van der Waals surface area contributed by atoms with E-state index in [0.717, 1.165) is 29.9 Å². The molecule has 1 amide bonds. The maximum atomic E-state index is 12.1. The van der Waals surface area contributed by atoms with Crippen LogP contribution in [0.2, 0.25) is 0 Å². The summed E-state index contributed by atoms with van der Waals surface area (Å²) in [5.74, 6) is 0.125. The second-order valence-electron chi connectivity index (χ2n) is 4.70. The molecule has 17 heavy (non-hydrogen) atoms. The van der Waals surface area contributed by atoms with E-state index in [0.29, 0.717) is 6.61 Å². The molecule has 5 heteroatoms. The summed E-state index contributed by atoms with van der Waals surface area (Å²) in [5, 5.41) is 9.89. The number of hydrogen-bond donors (Lipinski definition) is 2. The van der Waals surface area contributed by atoms with Gasteiger partial charge in [-0.1, -0.05) is 0 Å². The molecule has 0 bridgehead atoms. The second-order valence-corrected chi connectivity index (χ2v) is 4.70. The van der Waals surface area contributed by atoms with Crippen molar-refractivity contribution in [3.05, 3.63) is 11.4 Å². The number of hydrogen-bond acceptors (Lipinski definition) is 3. The van der Waals surface area contributed by atoms with Crippen LogP contribution in [0.5, 0.6) is 0 Å². The molecule has 0 aliphatic carbocycles. The van der Waals surface area contributed by atoms with Crippen LogP contribution < -0.4 is 5.32 Å². The summed E-state index contributed by atoms with van der Waals surface area (Å²) in [7, 11) is 0. The fourth-order valence-corrected chi connectivity index (χ4v) is 2.20. The van der Waals surface area contributed by atoms with Crippen molar-refractivity contribution in [2.45, 2.75) is 39.7 Å². The van der Waals surface area contributed by atoms with Gasteiger partial charge in [-0.2, -0.15) is 5.10 Å². The van der Waals surface area contributed by atoms with Crippen molar-refractivity contribution in [3.63, 3.8) is 0 Å². The Morgan fingerprint density at radius 3 is 2.88 bits per heavy atom. The van der Waals surface area contributed by atoms with Crippen LogP contribution in [0.1, 0.15) is 31.2 Å². The van der Waals surface area contributed by atoms with Crippen molar-refractivity contribution in [1.29, 1.82) is 0 Å². The van der Waals surface area contributed by atoms with Gasteiger partial charge in [0.15, 0.2) is 0 Å². The van der Waals surface area contributed by atoms with Gasteiger partial charge < -0.3 is 10.1 Å². The van der Waals surface area contributed by atoms with Crippen LogP contribution in [0.4, 0.5) is 5.69 Å². The highest BCUT2D eigenvalue weighted by Gasteiger charge is 2.26. The first-order valence-electron chi connectivity index (χ1n) is 6.02. The molecule has 2 rings (SSSR count). The molecular formula is C12H19N3O2. The number of nitrogens with one attached hydrogen (secondary N) is 2. The van der Waals surface area contributed by atoms with Gasteiger partial charge in [0.05, 0.1) is 23.2 Å². The fraction of sp³-hybridized carbons (Fsp3) is 0.667. The SMILES string of the molecule is Cc1n[nH]c(C)c1NC(=O)C1CCOC(C)C1. The molecule has 1 saturated heterocycles. The van der Waals surface area contributed by atoms with E-state index in [2.05, 4.69) is 15.5 Å². The number of rotatable bonds is 2. The van der Waals surface area contributed by atoms with Crippen molar-refractivity contribution in [2.24, 2.45) is 5.92 Å². The molecule has 1 aromatic heterocycles. The van der Waals surface area contributed by atoms with Gasteiger partial charge in [0.2, 0.25) is 5.91 Å². The Kier molecular flexibility index (Phi) is 3.47. The van der Waals surface area contributed by atoms with Crippen molar-refractivity contribution >= 4 is 11.6 Å². The molecule has 0 spiro atoms. The molecule has 2 unspecified atom stereocenters. The van der Waals surface area contributed by atoms with E-state index in [1.165, 1.54) is 0 Å². The Morgan fingerprint density at radius 2 is 2.29 bits per heavy atom. The fourth-order valence-electron chi connectivity index (χ4n) is 2.20. The quantitative estimate of drug-likeness (QED) is 0.824. The first kappa shape index (κ1) is 12.1. The van der Waals surface area contributed by atoms with Crippen LogP contribution in [-0.4, -0.2) is 28.8 Å². The Balaban J connectivity index is 2.01. The van der Waals surface area contributed by atoms with E-state index in [9.17, 15) is 4.79 Å². The number of amides is 1. The molecule has 2 atom stereocenters. The molecule has 2 heterocycles. The predicted octanol–water partition coefficient (Wildman–Crippen LogP) is 1.78. The van der Waals surface area contributed by atoms with Crippen LogP contribution in [-0.2, 0) is 9.53 Å². The number of ether oxygens (including phenoxy) is 1. The van der Waals surface area contributed by atoms with Crippen LogP contribution in [0.3, 0.4) is 0 Å². The Hall–Kier alpha value is -1.36. The summed E-state index contributed by atoms with van der Waals surface area (Å²) in [6.07, 6.45) is 1.76. The normalized spacial score (nSPS) is 24.6. The van der Waals surface area contributed by atoms with Crippen LogP contribution in [0.25, 0.3) is 0 Å². The van der Waals surface area contributed by atoms with Crippen LogP contribution in [0.15, 0.2) is 0 Å². The minimum atomic E-state index is 0.0486. The zero-order valence-corrected chi connectivity index (χ0v) is 10.5. The average molecular weight is 237 g/mol. The maximum Gasteiger partial charge on any atom is 0.227 e. The average Bonchev–Trinajstić information content (AvgIpc) is 2.61. The third-order valence-corrected chi connectivity index (χ3v) is 3.23. The zero-order chi connectivity index (χ0) is 12.4. The number of carbonyl (C=O) groups is 1. The number of nitrogens with zero attached hydrogens (tertiary/aromatic N) is 1. The molecule has 0 saturated carbocycles. The lowest BCUT2D eigenvalue weighted by molar-refractivity contribution is -0.124. The molecule has 1 aliphatic heterocycles. The van der Waals surface area contributed by atoms with E-state index in [4.69, 9.17) is 4.74 Å². The largest absolute Gasteiger partial charge is 0.378 e. The number of H-pyrrole nitrogens is 1. The van der Waals surface area contributed by atoms with Gasteiger partial charge in [-0.05, 0) is 33.6 Å². The summed E-state index contributed by atoms with van der Waals surface area (Å²) < 4.78 is 5.44. The van der Waals surface area contributed by atoms with Crippen molar-refractivity contribution in [2.75, 3.05) is 11.9 Å². The minimum absolute atomic E-state index is 0.0486. The highest BCUT2D eigenvalue weighted by Crippen LogP contribution is 2.23. The number of aromatic amines is 1. The highest BCUT2D eigenvalue weighted by molar-refractivity contribution is 5.93. The number of carbonyl (C=O) groups excluding carboxylic acids is 1. The van der Waals surface area contributed by atoms with E-state index in [1.807, 2.05) is 20.8 Å². The number of aromatic nitrogens is 2. The Labute approximate surface area is 101 Å². The number of anilines is 1. The van der Waals surface area contributed by atoms with Crippen molar-refractivity contribution in [1.82, 2.24) is 10.2 Å². The topological polar surface area (TPSA) is 67.0 Å². The van der Waals surface area contributed by atoms with Crippen LogP contribution >= 0.6 is 0 Å². The van der Waals surface area contributed by atoms with Crippen LogP contribution in [0, 0.1) is 19.8 Å². The lowest BCUT2D eigenvalue weighted by Crippen LogP contribution is -2.32. The summed E-state index contributed by atoms with van der Waals surface area (Å²) >= 11 is 0. The molecule has 94 valence electrons. The summed E-state index contributed by atoms with van der Waals surface area (Å²) in [6.45, 7) is 6.46. The monoisotopic (exact) mass is 237 g/mol.